The van der Waals surface area contributed by atoms with Crippen molar-refractivity contribution in [3.05, 3.63) is 54.2 Å². The van der Waals surface area contributed by atoms with Crippen LogP contribution in [0.15, 0.2) is 54.2 Å². The molecule has 1 aliphatic heterocycles. The minimum atomic E-state index is -1.12. The van der Waals surface area contributed by atoms with Gasteiger partial charge in [0.2, 0.25) is 5.91 Å². The highest BCUT2D eigenvalue weighted by molar-refractivity contribution is 7.17. The maximum absolute atomic E-state index is 12.1. The number of amides is 1. The van der Waals surface area contributed by atoms with Crippen molar-refractivity contribution in [2.45, 2.75) is 0 Å². The second-order valence-corrected chi connectivity index (χ2v) is 7.23. The lowest BCUT2D eigenvalue weighted by Gasteiger charge is -2.35. The molecule has 0 bridgehead atoms. The molecule has 3 heterocycles. The number of hydrogen-bond donors (Lipinski definition) is 1. The van der Waals surface area contributed by atoms with E-state index in [1.807, 2.05) is 18.2 Å². The molecule has 1 aromatic carbocycles. The average Bonchev–Trinajstić information content (AvgIpc) is 3.17. The van der Waals surface area contributed by atoms with Crippen LogP contribution in [-0.2, 0) is 9.59 Å². The number of nitrogens with zero attached hydrogens (tertiary/aromatic N) is 4. The molecular weight excluding hydrogens is 376 g/mol. The molecule has 0 unspecified atom stereocenters. The molecule has 1 fully saturated rings. The van der Waals surface area contributed by atoms with Crippen LogP contribution in [0.3, 0.4) is 0 Å². The number of aromatic nitrogens is 2. The Labute approximate surface area is 165 Å². The summed E-state index contributed by atoms with van der Waals surface area (Å²) in [5.74, 6) is -0.532. The van der Waals surface area contributed by atoms with Crippen LogP contribution in [0.25, 0.3) is 21.3 Å². The lowest BCUT2D eigenvalue weighted by atomic mass is 10.1. The molecule has 3 aromatic rings. The molecule has 28 heavy (non-hydrogen) atoms. The van der Waals surface area contributed by atoms with Gasteiger partial charge in [-0.1, -0.05) is 30.3 Å². The Morgan fingerprint density at radius 1 is 1.04 bits per heavy atom. The Kier molecular flexibility index (Phi) is 5.03. The zero-order valence-corrected chi connectivity index (χ0v) is 15.8. The average molecular weight is 394 g/mol. The summed E-state index contributed by atoms with van der Waals surface area (Å²) in [6, 6.07) is 10.2. The lowest BCUT2D eigenvalue weighted by Crippen LogP contribution is -2.48. The number of carboxylic acid groups (broad SMARTS) is 1. The third kappa shape index (κ3) is 3.59. The summed E-state index contributed by atoms with van der Waals surface area (Å²) in [4.78, 5) is 36.4. The number of thiophene rings is 1. The number of benzene rings is 1. The van der Waals surface area contributed by atoms with Crippen molar-refractivity contribution in [1.29, 1.82) is 0 Å². The maximum Gasteiger partial charge on any atom is 0.328 e. The number of carbonyl (C=O) groups is 2. The molecule has 1 saturated heterocycles. The summed E-state index contributed by atoms with van der Waals surface area (Å²) in [6.45, 7) is 2.28. The number of carbonyl (C=O) groups excluding carboxylic acids is 1. The summed E-state index contributed by atoms with van der Waals surface area (Å²) in [5.41, 5.74) is 2.23. The van der Waals surface area contributed by atoms with Gasteiger partial charge in [0.15, 0.2) is 0 Å². The van der Waals surface area contributed by atoms with E-state index in [9.17, 15) is 9.59 Å². The summed E-state index contributed by atoms with van der Waals surface area (Å²) in [5, 5.41) is 11.8. The number of carboxylic acids is 1. The minimum absolute atomic E-state index is 0.282. The minimum Gasteiger partial charge on any atom is -0.478 e. The Morgan fingerprint density at radius 3 is 2.50 bits per heavy atom. The smallest absolute Gasteiger partial charge is 0.328 e. The molecule has 1 aliphatic rings. The van der Waals surface area contributed by atoms with Crippen molar-refractivity contribution in [1.82, 2.24) is 14.9 Å². The number of rotatable bonds is 4. The predicted octanol–water partition coefficient (Wildman–Crippen LogP) is 2.65. The fourth-order valence-electron chi connectivity index (χ4n) is 3.32. The molecule has 1 N–H and O–H groups in total. The fraction of sp³-hybridized carbons (Fsp3) is 0.200. The first-order valence-corrected chi connectivity index (χ1v) is 9.74. The lowest BCUT2D eigenvalue weighted by molar-refractivity contribution is -0.132. The Bertz CT molecular complexity index is 1040. The van der Waals surface area contributed by atoms with Crippen molar-refractivity contribution >= 4 is 39.2 Å². The van der Waals surface area contributed by atoms with Crippen LogP contribution in [0.5, 0.6) is 0 Å². The van der Waals surface area contributed by atoms with Crippen LogP contribution in [0, 0.1) is 0 Å². The van der Waals surface area contributed by atoms with Gasteiger partial charge in [-0.2, -0.15) is 0 Å². The number of anilines is 1. The second-order valence-electron chi connectivity index (χ2n) is 6.38. The maximum atomic E-state index is 12.1. The van der Waals surface area contributed by atoms with E-state index in [1.54, 1.807) is 22.6 Å². The van der Waals surface area contributed by atoms with Crippen molar-refractivity contribution < 1.29 is 14.7 Å². The van der Waals surface area contributed by atoms with Gasteiger partial charge in [0.25, 0.3) is 0 Å². The monoisotopic (exact) mass is 394 g/mol. The molecule has 142 valence electrons. The number of fused-ring (bicyclic) bond motifs is 1. The quantitative estimate of drug-likeness (QED) is 0.685. The molecule has 0 saturated carbocycles. The van der Waals surface area contributed by atoms with E-state index in [-0.39, 0.29) is 5.91 Å². The summed E-state index contributed by atoms with van der Waals surface area (Å²) < 4.78 is 0. The second kappa shape index (κ2) is 7.77. The Hall–Kier alpha value is -3.26. The SMILES string of the molecule is O=C(O)C=CC(=O)N1CCN(c2ncnc3scc(-c4ccccc4)c23)CC1. The first-order chi connectivity index (χ1) is 13.6. The third-order valence-electron chi connectivity index (χ3n) is 4.69. The van der Waals surface area contributed by atoms with Crippen LogP contribution in [0.4, 0.5) is 5.82 Å². The predicted molar refractivity (Wildman–Crippen MR) is 108 cm³/mol. The first kappa shape index (κ1) is 18.1. The Balaban J connectivity index is 1.58. The third-order valence-corrected chi connectivity index (χ3v) is 5.58. The highest BCUT2D eigenvalue weighted by atomic mass is 32.1. The number of aliphatic carboxylic acids is 1. The van der Waals surface area contributed by atoms with Crippen LogP contribution < -0.4 is 4.90 Å². The molecule has 0 spiro atoms. The van der Waals surface area contributed by atoms with Gasteiger partial charge in [0.1, 0.15) is 17.0 Å². The molecule has 7 nitrogen and oxygen atoms in total. The van der Waals surface area contributed by atoms with E-state index >= 15 is 0 Å². The molecule has 2 aromatic heterocycles. The van der Waals surface area contributed by atoms with Crippen LogP contribution in [0.1, 0.15) is 0 Å². The van der Waals surface area contributed by atoms with Crippen LogP contribution in [0.2, 0.25) is 0 Å². The van der Waals surface area contributed by atoms with Gasteiger partial charge in [-0.25, -0.2) is 14.8 Å². The molecule has 1 amide bonds. The Morgan fingerprint density at radius 2 is 1.79 bits per heavy atom. The summed E-state index contributed by atoms with van der Waals surface area (Å²) >= 11 is 1.59. The van der Waals surface area contributed by atoms with E-state index in [1.165, 1.54) is 0 Å². The van der Waals surface area contributed by atoms with Crippen molar-refractivity contribution in [2.75, 3.05) is 31.1 Å². The standard InChI is InChI=1S/C20H18N4O3S/c25-16(6-7-17(26)27)23-8-10-24(11-9-23)19-18-15(14-4-2-1-3-5-14)12-28-20(18)22-13-21-19/h1-7,12-13H,8-11H2,(H,26,27). The highest BCUT2D eigenvalue weighted by Gasteiger charge is 2.24. The van der Waals surface area contributed by atoms with E-state index in [0.29, 0.717) is 26.2 Å². The van der Waals surface area contributed by atoms with Crippen molar-refractivity contribution in [3.63, 3.8) is 0 Å². The summed E-state index contributed by atoms with van der Waals surface area (Å²) in [7, 11) is 0. The molecular formula is C20H18N4O3S. The molecule has 4 rings (SSSR count). The fourth-order valence-corrected chi connectivity index (χ4v) is 4.23. The largest absolute Gasteiger partial charge is 0.478 e. The van der Waals surface area contributed by atoms with Crippen LogP contribution >= 0.6 is 11.3 Å². The molecule has 8 heteroatoms. The summed E-state index contributed by atoms with van der Waals surface area (Å²) in [6.07, 6.45) is 3.56. The normalized spacial score (nSPS) is 14.7. The van der Waals surface area contributed by atoms with E-state index < -0.39 is 5.97 Å². The van der Waals surface area contributed by atoms with E-state index in [2.05, 4.69) is 32.4 Å². The molecule has 0 aliphatic carbocycles. The van der Waals surface area contributed by atoms with Gasteiger partial charge in [0.05, 0.1) is 5.39 Å². The van der Waals surface area contributed by atoms with Gasteiger partial charge < -0.3 is 14.9 Å². The van der Waals surface area contributed by atoms with Gasteiger partial charge in [0, 0.05) is 49.3 Å². The number of hydrogen-bond acceptors (Lipinski definition) is 6. The van der Waals surface area contributed by atoms with Gasteiger partial charge in [-0.15, -0.1) is 11.3 Å². The first-order valence-electron chi connectivity index (χ1n) is 8.86. The molecule has 0 radical (unpaired) electrons. The topological polar surface area (TPSA) is 86.6 Å². The highest BCUT2D eigenvalue weighted by Crippen LogP contribution is 2.37. The van der Waals surface area contributed by atoms with Crippen molar-refractivity contribution in [2.24, 2.45) is 0 Å². The van der Waals surface area contributed by atoms with E-state index in [0.717, 1.165) is 39.3 Å². The zero-order valence-electron chi connectivity index (χ0n) is 15.0. The van der Waals surface area contributed by atoms with Crippen LogP contribution in [-0.4, -0.2) is 58.0 Å². The van der Waals surface area contributed by atoms with Gasteiger partial charge >= 0.3 is 5.97 Å². The van der Waals surface area contributed by atoms with Gasteiger partial charge in [-0.05, 0) is 5.56 Å². The zero-order chi connectivity index (χ0) is 19.5. The van der Waals surface area contributed by atoms with E-state index in [4.69, 9.17) is 5.11 Å². The number of piperazine rings is 1. The van der Waals surface area contributed by atoms with Gasteiger partial charge in [-0.3, -0.25) is 4.79 Å². The molecule has 0 atom stereocenters. The van der Waals surface area contributed by atoms with Crippen molar-refractivity contribution in [3.8, 4) is 11.1 Å².